The Morgan fingerprint density at radius 3 is 2.44 bits per heavy atom. The monoisotopic (exact) mass is 366 g/mol. The molecule has 6 nitrogen and oxygen atoms in total. The maximum Gasteiger partial charge on any atom is 0.406 e. The molecule has 0 aliphatic heterocycles. The number of hydrogen-bond donors (Lipinski definition) is 2. The molecule has 1 saturated carbocycles. The number of rotatable bonds is 8. The molecule has 0 spiro atoms. The highest BCUT2D eigenvalue weighted by Gasteiger charge is 2.34. The molecule has 1 fully saturated rings. The van der Waals surface area contributed by atoms with Crippen molar-refractivity contribution in [1.29, 1.82) is 0 Å². The lowest BCUT2D eigenvalue weighted by atomic mass is 9.83. The third kappa shape index (κ3) is 7.94. The minimum Gasteiger partial charge on any atom is -0.385 e. The predicted molar refractivity (Wildman–Crippen MR) is 90.5 cm³/mol. The first-order valence-corrected chi connectivity index (χ1v) is 8.45. The topological polar surface area (TPSA) is 66.0 Å². The minimum atomic E-state index is -4.40. The molecule has 146 valence electrons. The first-order valence-electron chi connectivity index (χ1n) is 8.45. The van der Waals surface area contributed by atoms with E-state index in [4.69, 9.17) is 4.74 Å². The molecule has 25 heavy (non-hydrogen) atoms. The summed E-state index contributed by atoms with van der Waals surface area (Å²) in [5.74, 6) is -0.229. The normalized spacial score (nSPS) is 17.4. The van der Waals surface area contributed by atoms with E-state index < -0.39 is 18.6 Å². The summed E-state index contributed by atoms with van der Waals surface area (Å²) in [6, 6.07) is 0. The fourth-order valence-corrected chi connectivity index (χ4v) is 3.10. The van der Waals surface area contributed by atoms with Crippen LogP contribution in [0.15, 0.2) is 4.99 Å². The van der Waals surface area contributed by atoms with E-state index in [1.807, 2.05) is 0 Å². The van der Waals surface area contributed by atoms with E-state index in [1.165, 1.54) is 12.8 Å². The Balaban J connectivity index is 2.45. The van der Waals surface area contributed by atoms with E-state index in [0.717, 1.165) is 26.3 Å². The van der Waals surface area contributed by atoms with Crippen molar-refractivity contribution < 1.29 is 22.7 Å². The van der Waals surface area contributed by atoms with Crippen LogP contribution in [0.25, 0.3) is 0 Å². The van der Waals surface area contributed by atoms with E-state index in [2.05, 4.69) is 15.6 Å². The van der Waals surface area contributed by atoms with Gasteiger partial charge in [0.25, 0.3) is 0 Å². The smallest absolute Gasteiger partial charge is 0.385 e. The molecule has 0 aromatic carbocycles. The standard InChI is InChI=1S/C16H29F3N4O2/c1-20-14(21-10-13(24)23(2)12-16(17,18)19)22-11-15(8-9-25-3)6-4-5-7-15/h4-12H2,1-3H3,(H2,20,21,22). The van der Waals surface area contributed by atoms with Gasteiger partial charge in [0.15, 0.2) is 5.96 Å². The molecule has 0 saturated heterocycles. The number of amides is 1. The predicted octanol–water partition coefficient (Wildman–Crippen LogP) is 1.77. The number of likely N-dealkylation sites (N-methyl/N-ethyl adjacent to an activating group) is 1. The second-order valence-electron chi connectivity index (χ2n) is 6.59. The number of nitrogens with zero attached hydrogens (tertiary/aromatic N) is 2. The van der Waals surface area contributed by atoms with Crippen LogP contribution in [0.1, 0.15) is 32.1 Å². The van der Waals surface area contributed by atoms with Crippen molar-refractivity contribution in [3.05, 3.63) is 0 Å². The zero-order valence-electron chi connectivity index (χ0n) is 15.2. The number of ether oxygens (including phenoxy) is 1. The minimum absolute atomic E-state index is 0.144. The molecule has 0 bridgehead atoms. The molecular formula is C16H29F3N4O2. The third-order valence-corrected chi connectivity index (χ3v) is 4.60. The quantitative estimate of drug-likeness (QED) is 0.508. The van der Waals surface area contributed by atoms with Gasteiger partial charge in [-0.15, -0.1) is 0 Å². The van der Waals surface area contributed by atoms with E-state index in [9.17, 15) is 18.0 Å². The molecule has 2 N–H and O–H groups in total. The Morgan fingerprint density at radius 1 is 1.28 bits per heavy atom. The number of carbonyl (C=O) groups is 1. The van der Waals surface area contributed by atoms with E-state index >= 15 is 0 Å². The molecule has 0 radical (unpaired) electrons. The second-order valence-corrected chi connectivity index (χ2v) is 6.59. The van der Waals surface area contributed by atoms with Gasteiger partial charge in [-0.3, -0.25) is 9.79 Å². The van der Waals surface area contributed by atoms with Crippen molar-refractivity contribution in [2.75, 3.05) is 47.4 Å². The van der Waals surface area contributed by atoms with Gasteiger partial charge in [0.1, 0.15) is 6.54 Å². The summed E-state index contributed by atoms with van der Waals surface area (Å²) >= 11 is 0. The Morgan fingerprint density at radius 2 is 1.92 bits per heavy atom. The number of methoxy groups -OCH3 is 1. The van der Waals surface area contributed by atoms with Gasteiger partial charge in [-0.1, -0.05) is 12.8 Å². The fourth-order valence-electron chi connectivity index (χ4n) is 3.10. The molecule has 0 unspecified atom stereocenters. The number of carbonyl (C=O) groups excluding carboxylic acids is 1. The highest BCUT2D eigenvalue weighted by molar-refractivity contribution is 5.86. The van der Waals surface area contributed by atoms with Gasteiger partial charge >= 0.3 is 6.18 Å². The molecule has 1 amide bonds. The van der Waals surface area contributed by atoms with Crippen LogP contribution in [0.4, 0.5) is 13.2 Å². The lowest BCUT2D eigenvalue weighted by molar-refractivity contribution is -0.157. The summed E-state index contributed by atoms with van der Waals surface area (Å²) < 4.78 is 42.1. The van der Waals surface area contributed by atoms with Gasteiger partial charge in [-0.05, 0) is 24.7 Å². The van der Waals surface area contributed by atoms with Crippen LogP contribution in [-0.4, -0.2) is 70.4 Å². The first kappa shape index (κ1) is 21.5. The van der Waals surface area contributed by atoms with Crippen LogP contribution >= 0.6 is 0 Å². The Labute approximate surface area is 147 Å². The van der Waals surface area contributed by atoms with Crippen LogP contribution in [0.5, 0.6) is 0 Å². The molecule has 1 rings (SSSR count). The molecule has 0 aromatic rings. The zero-order chi connectivity index (χ0) is 18.9. The lowest BCUT2D eigenvalue weighted by Gasteiger charge is -2.30. The summed E-state index contributed by atoms with van der Waals surface area (Å²) in [4.78, 5) is 16.5. The molecule has 1 aliphatic rings. The van der Waals surface area contributed by atoms with Gasteiger partial charge in [0.05, 0.1) is 6.54 Å². The summed E-state index contributed by atoms with van der Waals surface area (Å²) in [7, 11) is 4.38. The van der Waals surface area contributed by atoms with E-state index in [1.54, 1.807) is 14.2 Å². The zero-order valence-corrected chi connectivity index (χ0v) is 15.2. The van der Waals surface area contributed by atoms with Crippen molar-refractivity contribution in [2.24, 2.45) is 10.4 Å². The average molecular weight is 366 g/mol. The average Bonchev–Trinajstić information content (AvgIpc) is 3.00. The van der Waals surface area contributed by atoms with E-state index in [0.29, 0.717) is 24.0 Å². The molecule has 1 aliphatic carbocycles. The Kier molecular flexibility index (Phi) is 8.47. The van der Waals surface area contributed by atoms with Crippen LogP contribution in [0, 0.1) is 5.41 Å². The number of halogens is 3. The van der Waals surface area contributed by atoms with Crippen molar-refractivity contribution in [3.8, 4) is 0 Å². The second kappa shape index (κ2) is 9.84. The van der Waals surface area contributed by atoms with Crippen LogP contribution in [0.2, 0.25) is 0 Å². The van der Waals surface area contributed by atoms with Gasteiger partial charge in [0.2, 0.25) is 5.91 Å². The number of guanidine groups is 1. The number of aliphatic imine (C=N–C) groups is 1. The van der Waals surface area contributed by atoms with Gasteiger partial charge in [-0.2, -0.15) is 13.2 Å². The van der Waals surface area contributed by atoms with Crippen molar-refractivity contribution in [3.63, 3.8) is 0 Å². The maximum atomic E-state index is 12.3. The number of hydrogen-bond acceptors (Lipinski definition) is 3. The summed E-state index contributed by atoms with van der Waals surface area (Å²) in [5, 5.41) is 5.98. The van der Waals surface area contributed by atoms with Gasteiger partial charge < -0.3 is 20.3 Å². The van der Waals surface area contributed by atoms with Crippen molar-refractivity contribution in [2.45, 2.75) is 38.3 Å². The van der Waals surface area contributed by atoms with Crippen molar-refractivity contribution >= 4 is 11.9 Å². The molecule has 9 heteroatoms. The first-order chi connectivity index (χ1) is 11.7. The Bertz CT molecular complexity index is 449. The highest BCUT2D eigenvalue weighted by atomic mass is 19.4. The van der Waals surface area contributed by atoms with Crippen LogP contribution in [0.3, 0.4) is 0 Å². The summed E-state index contributed by atoms with van der Waals surface area (Å²) in [6.07, 6.45) is 1.11. The van der Waals surface area contributed by atoms with Gasteiger partial charge in [0, 0.05) is 34.4 Å². The van der Waals surface area contributed by atoms with Crippen LogP contribution in [-0.2, 0) is 9.53 Å². The molecular weight excluding hydrogens is 337 g/mol. The molecule has 0 atom stereocenters. The third-order valence-electron chi connectivity index (χ3n) is 4.60. The maximum absolute atomic E-state index is 12.3. The highest BCUT2D eigenvalue weighted by Crippen LogP contribution is 2.40. The summed E-state index contributed by atoms with van der Waals surface area (Å²) in [5.41, 5.74) is 0.144. The lowest BCUT2D eigenvalue weighted by Crippen LogP contribution is -2.47. The van der Waals surface area contributed by atoms with Gasteiger partial charge in [-0.25, -0.2) is 0 Å². The van der Waals surface area contributed by atoms with Crippen molar-refractivity contribution in [1.82, 2.24) is 15.5 Å². The number of nitrogens with one attached hydrogen (secondary N) is 2. The SMILES string of the molecule is CN=C(NCC(=O)N(C)CC(F)(F)F)NCC1(CCOC)CCCC1. The fraction of sp³-hybridized carbons (Fsp3) is 0.875. The largest absolute Gasteiger partial charge is 0.406 e. The number of alkyl halides is 3. The van der Waals surface area contributed by atoms with Crippen LogP contribution < -0.4 is 10.6 Å². The van der Waals surface area contributed by atoms with E-state index in [-0.39, 0.29) is 12.0 Å². The molecule has 0 aromatic heterocycles. The Hall–Kier alpha value is -1.51. The molecule has 0 heterocycles. The summed E-state index contributed by atoms with van der Waals surface area (Å²) in [6.45, 7) is -0.117.